The number of nitrogen functional groups attached to an aromatic ring is 1. The van der Waals surface area contributed by atoms with Crippen molar-refractivity contribution in [2.24, 2.45) is 0 Å². The second-order valence-electron chi connectivity index (χ2n) is 3.66. The number of nitrogens with zero attached hydrogens (tertiary/aromatic N) is 3. The van der Waals surface area contributed by atoms with E-state index in [1.54, 1.807) is 19.1 Å². The molecular formula is C11H9N5O2. The Morgan fingerprint density at radius 1 is 1.56 bits per heavy atom. The molecule has 0 saturated carbocycles. The molecule has 7 nitrogen and oxygen atoms in total. The van der Waals surface area contributed by atoms with E-state index in [4.69, 9.17) is 11.0 Å². The average Bonchev–Trinajstić information content (AvgIpc) is 2.69. The number of aromatic amines is 1. The number of anilines is 1. The first kappa shape index (κ1) is 11.6. The van der Waals surface area contributed by atoms with E-state index in [2.05, 4.69) is 10.1 Å². The molecule has 0 atom stereocenters. The Morgan fingerprint density at radius 3 is 2.83 bits per heavy atom. The van der Waals surface area contributed by atoms with Crippen LogP contribution in [0.2, 0.25) is 0 Å². The number of pyridine rings is 1. The van der Waals surface area contributed by atoms with E-state index < -0.39 is 11.5 Å². The summed E-state index contributed by atoms with van der Waals surface area (Å²) in [6.07, 6.45) is 1.18. The van der Waals surface area contributed by atoms with Crippen molar-refractivity contribution >= 4 is 11.7 Å². The van der Waals surface area contributed by atoms with E-state index in [0.717, 1.165) is 4.68 Å². The summed E-state index contributed by atoms with van der Waals surface area (Å²) in [5.41, 5.74) is 5.70. The number of nitrogens with one attached hydrogen (secondary N) is 1. The van der Waals surface area contributed by atoms with Crippen LogP contribution in [0.5, 0.6) is 0 Å². The second-order valence-corrected chi connectivity index (χ2v) is 3.66. The van der Waals surface area contributed by atoms with Gasteiger partial charge in [0.25, 0.3) is 11.5 Å². The highest BCUT2D eigenvalue weighted by molar-refractivity contribution is 5.97. The molecule has 0 amide bonds. The van der Waals surface area contributed by atoms with Crippen LogP contribution in [0.25, 0.3) is 0 Å². The fraction of sp³-hybridized carbons (Fsp3) is 0.0909. The number of aryl methyl sites for hydroxylation is 1. The van der Waals surface area contributed by atoms with Crippen molar-refractivity contribution < 1.29 is 4.79 Å². The zero-order chi connectivity index (χ0) is 13.3. The lowest BCUT2D eigenvalue weighted by Crippen LogP contribution is -2.25. The summed E-state index contributed by atoms with van der Waals surface area (Å²) in [7, 11) is 0. The lowest BCUT2D eigenvalue weighted by molar-refractivity contribution is 0.0946. The van der Waals surface area contributed by atoms with Gasteiger partial charge in [-0.05, 0) is 19.1 Å². The van der Waals surface area contributed by atoms with Crippen molar-refractivity contribution in [3.05, 3.63) is 45.5 Å². The third-order valence-corrected chi connectivity index (χ3v) is 2.40. The van der Waals surface area contributed by atoms with Crippen LogP contribution in [-0.2, 0) is 0 Å². The standard InChI is InChI=1S/C11H9N5O2/c1-6-2-3-8(10(17)15-6)11(18)16-9(13)7(4-12)5-14-16/h2-3,5H,13H2,1H3,(H,15,17). The van der Waals surface area contributed by atoms with Crippen molar-refractivity contribution in [1.82, 2.24) is 14.8 Å². The minimum atomic E-state index is -0.671. The molecule has 90 valence electrons. The van der Waals surface area contributed by atoms with Gasteiger partial charge < -0.3 is 10.7 Å². The molecule has 0 saturated heterocycles. The minimum absolute atomic E-state index is 0.0810. The maximum atomic E-state index is 12.0. The molecular weight excluding hydrogens is 234 g/mol. The SMILES string of the molecule is Cc1ccc(C(=O)n2ncc(C#N)c2N)c(=O)[nH]1. The van der Waals surface area contributed by atoms with Crippen molar-refractivity contribution in [1.29, 1.82) is 5.26 Å². The molecule has 2 heterocycles. The molecule has 0 bridgehead atoms. The van der Waals surface area contributed by atoms with E-state index in [0.29, 0.717) is 5.69 Å². The lowest BCUT2D eigenvalue weighted by Gasteiger charge is -2.02. The number of hydrogen-bond donors (Lipinski definition) is 2. The van der Waals surface area contributed by atoms with Crippen molar-refractivity contribution in [3.8, 4) is 6.07 Å². The summed E-state index contributed by atoms with van der Waals surface area (Å²) >= 11 is 0. The smallest absolute Gasteiger partial charge is 0.285 e. The predicted octanol–water partition coefficient (Wildman–Crippen LogP) is 0.0222. The molecule has 0 fully saturated rings. The molecule has 0 unspecified atom stereocenters. The maximum absolute atomic E-state index is 12.0. The Hall–Kier alpha value is -2.88. The number of nitrogens with two attached hydrogens (primary N) is 1. The van der Waals surface area contributed by atoms with Crippen molar-refractivity contribution in [2.75, 3.05) is 5.73 Å². The number of rotatable bonds is 1. The third-order valence-electron chi connectivity index (χ3n) is 2.40. The van der Waals surface area contributed by atoms with Crippen molar-refractivity contribution in [3.63, 3.8) is 0 Å². The normalized spacial score (nSPS) is 10.0. The number of H-pyrrole nitrogens is 1. The van der Waals surface area contributed by atoms with Crippen LogP contribution < -0.4 is 11.3 Å². The first-order chi connectivity index (χ1) is 8.54. The van der Waals surface area contributed by atoms with Crippen LogP contribution in [0.3, 0.4) is 0 Å². The highest BCUT2D eigenvalue weighted by Gasteiger charge is 2.18. The van der Waals surface area contributed by atoms with Gasteiger partial charge in [0.15, 0.2) is 0 Å². The van der Waals surface area contributed by atoms with Crippen LogP contribution in [0.1, 0.15) is 21.6 Å². The fourth-order valence-electron chi connectivity index (χ4n) is 1.46. The van der Waals surface area contributed by atoms with Gasteiger partial charge in [-0.3, -0.25) is 9.59 Å². The van der Waals surface area contributed by atoms with Gasteiger partial charge in [0, 0.05) is 5.69 Å². The highest BCUT2D eigenvalue weighted by atomic mass is 16.2. The molecule has 0 aliphatic carbocycles. The molecule has 2 aromatic heterocycles. The molecule has 18 heavy (non-hydrogen) atoms. The summed E-state index contributed by atoms with van der Waals surface area (Å²) in [6.45, 7) is 1.70. The quantitative estimate of drug-likeness (QED) is 0.732. The Balaban J connectivity index is 2.52. The molecule has 0 radical (unpaired) electrons. The first-order valence-electron chi connectivity index (χ1n) is 5.03. The maximum Gasteiger partial charge on any atom is 0.285 e. The molecule has 0 spiro atoms. The van der Waals surface area contributed by atoms with E-state index in [1.807, 2.05) is 0 Å². The number of aromatic nitrogens is 3. The Labute approximate surface area is 101 Å². The molecule has 0 aliphatic rings. The number of carbonyl (C=O) groups is 1. The van der Waals surface area contributed by atoms with E-state index >= 15 is 0 Å². The monoisotopic (exact) mass is 243 g/mol. The molecule has 2 rings (SSSR count). The van der Waals surface area contributed by atoms with Gasteiger partial charge in [0.1, 0.15) is 23.0 Å². The first-order valence-corrected chi connectivity index (χ1v) is 5.03. The van der Waals surface area contributed by atoms with Crippen LogP contribution >= 0.6 is 0 Å². The van der Waals surface area contributed by atoms with Gasteiger partial charge in [0.05, 0.1) is 6.20 Å². The molecule has 0 aliphatic heterocycles. The van der Waals surface area contributed by atoms with Gasteiger partial charge in [-0.25, -0.2) is 0 Å². The minimum Gasteiger partial charge on any atom is -0.382 e. The molecule has 0 aromatic carbocycles. The van der Waals surface area contributed by atoms with Gasteiger partial charge in [0.2, 0.25) is 0 Å². The third kappa shape index (κ3) is 1.76. The summed E-state index contributed by atoms with van der Waals surface area (Å²) in [4.78, 5) is 26.1. The average molecular weight is 243 g/mol. The lowest BCUT2D eigenvalue weighted by atomic mass is 10.2. The molecule has 2 aromatic rings. The summed E-state index contributed by atoms with van der Waals surface area (Å²) in [5.74, 6) is -0.752. The Kier molecular flexibility index (Phi) is 2.69. The number of hydrogen-bond acceptors (Lipinski definition) is 5. The summed E-state index contributed by atoms with van der Waals surface area (Å²) in [5, 5.41) is 12.4. The summed E-state index contributed by atoms with van der Waals surface area (Å²) < 4.78 is 0.832. The van der Waals surface area contributed by atoms with Gasteiger partial charge in [-0.15, -0.1) is 0 Å². The summed E-state index contributed by atoms with van der Waals surface area (Å²) in [6, 6.07) is 4.79. The molecule has 7 heteroatoms. The largest absolute Gasteiger partial charge is 0.382 e. The van der Waals surface area contributed by atoms with Gasteiger partial charge in [-0.1, -0.05) is 0 Å². The van der Waals surface area contributed by atoms with Gasteiger partial charge in [-0.2, -0.15) is 15.0 Å². The van der Waals surface area contributed by atoms with Crippen LogP contribution in [-0.4, -0.2) is 20.7 Å². The van der Waals surface area contributed by atoms with E-state index in [9.17, 15) is 9.59 Å². The Bertz CT molecular complexity index is 720. The fourth-order valence-corrected chi connectivity index (χ4v) is 1.46. The Morgan fingerprint density at radius 2 is 2.28 bits per heavy atom. The zero-order valence-electron chi connectivity index (χ0n) is 9.47. The predicted molar refractivity (Wildman–Crippen MR) is 62.9 cm³/mol. The zero-order valence-corrected chi connectivity index (χ0v) is 9.47. The number of nitriles is 1. The second kappa shape index (κ2) is 4.18. The molecule has 3 N–H and O–H groups in total. The topological polar surface area (TPSA) is 118 Å². The van der Waals surface area contributed by atoms with Crippen LogP contribution in [0.4, 0.5) is 5.82 Å². The van der Waals surface area contributed by atoms with E-state index in [1.165, 1.54) is 12.3 Å². The highest BCUT2D eigenvalue weighted by Crippen LogP contribution is 2.10. The van der Waals surface area contributed by atoms with Crippen LogP contribution in [0.15, 0.2) is 23.1 Å². The van der Waals surface area contributed by atoms with Crippen molar-refractivity contribution in [2.45, 2.75) is 6.92 Å². The number of carbonyl (C=O) groups excluding carboxylic acids is 1. The van der Waals surface area contributed by atoms with Crippen LogP contribution in [0, 0.1) is 18.3 Å². The van der Waals surface area contributed by atoms with E-state index in [-0.39, 0.29) is 16.9 Å². The van der Waals surface area contributed by atoms with Gasteiger partial charge >= 0.3 is 0 Å².